The molecule has 0 unspecified atom stereocenters. The molecule has 11 N–H and O–H groups in total. The lowest BCUT2D eigenvalue weighted by atomic mass is 10.1. The number of nitrogens with one attached hydrogen (secondary N) is 1. The fourth-order valence-electron chi connectivity index (χ4n) is 0.946. The van der Waals surface area contributed by atoms with Crippen molar-refractivity contribution in [2.75, 3.05) is 11.5 Å². The Morgan fingerprint density at radius 2 is 1.88 bits per heavy atom. The van der Waals surface area contributed by atoms with Gasteiger partial charge in [-0.15, -0.1) is 5.10 Å². The number of rotatable bonds is 2. The zero-order valence-electron chi connectivity index (χ0n) is 8.92. The number of hydrazone groups is 1. The third kappa shape index (κ3) is 3.22. The first-order valence-electron chi connectivity index (χ1n) is 4.50. The van der Waals surface area contributed by atoms with Crippen molar-refractivity contribution in [3.8, 4) is 0 Å². The minimum absolute atomic E-state index is 0.248. The highest BCUT2D eigenvalue weighted by molar-refractivity contribution is 5.96. The highest BCUT2D eigenvalue weighted by atomic mass is 16.2. The Kier molecular flexibility index (Phi) is 3.70. The summed E-state index contributed by atoms with van der Waals surface area (Å²) in [5.74, 6) is 9.38. The molecule has 0 aliphatic carbocycles. The van der Waals surface area contributed by atoms with E-state index in [-0.39, 0.29) is 11.5 Å². The molecule has 0 bridgehead atoms. The summed E-state index contributed by atoms with van der Waals surface area (Å²) < 4.78 is 0. The van der Waals surface area contributed by atoms with Crippen LogP contribution < -0.4 is 34.3 Å². The van der Waals surface area contributed by atoms with Crippen LogP contribution in [0, 0.1) is 0 Å². The zero-order valence-corrected chi connectivity index (χ0v) is 8.92. The summed E-state index contributed by atoms with van der Waals surface area (Å²) in [7, 11) is 0. The van der Waals surface area contributed by atoms with Crippen LogP contribution in [0.2, 0.25) is 0 Å². The summed E-state index contributed by atoms with van der Waals surface area (Å²) in [6.07, 6.45) is 0. The van der Waals surface area contributed by atoms with Crippen molar-refractivity contribution in [2.45, 2.75) is 0 Å². The predicted molar refractivity (Wildman–Crippen MR) is 64.6 cm³/mol. The molecule has 1 amide bonds. The molecule has 0 saturated carbocycles. The highest BCUT2D eigenvalue weighted by Crippen LogP contribution is 2.15. The van der Waals surface area contributed by atoms with Gasteiger partial charge in [0.25, 0.3) is 5.91 Å². The van der Waals surface area contributed by atoms with Gasteiger partial charge in [0.1, 0.15) is 0 Å². The summed E-state index contributed by atoms with van der Waals surface area (Å²) in [5, 5.41) is 4.02. The van der Waals surface area contributed by atoms with Crippen LogP contribution in [-0.4, -0.2) is 17.0 Å². The molecule has 1 aromatic carbocycles. The molecule has 0 spiro atoms. The van der Waals surface area contributed by atoms with Crippen LogP contribution in [0.25, 0.3) is 0 Å². The average molecular weight is 238 g/mol. The van der Waals surface area contributed by atoms with Gasteiger partial charge in [0.05, 0.1) is 11.4 Å². The normalized spacial score (nSPS) is 11.1. The quantitative estimate of drug-likeness (QED) is 0.112. The summed E-state index contributed by atoms with van der Waals surface area (Å²) in [6, 6.07) is 4.42. The molecular formula is C8H14N8O. The molecule has 0 heterocycles. The molecule has 0 fully saturated rings. The first-order valence-corrected chi connectivity index (χ1v) is 4.50. The Morgan fingerprint density at radius 3 is 2.41 bits per heavy atom. The van der Waals surface area contributed by atoms with Crippen molar-refractivity contribution in [1.29, 1.82) is 0 Å². The fraction of sp³-hybridized carbons (Fsp3) is 0. The summed E-state index contributed by atoms with van der Waals surface area (Å²) >= 11 is 0. The van der Waals surface area contributed by atoms with Crippen LogP contribution in [-0.2, 0) is 0 Å². The van der Waals surface area contributed by atoms with Gasteiger partial charge in [-0.05, 0) is 18.2 Å². The molecule has 0 aliphatic heterocycles. The van der Waals surface area contributed by atoms with E-state index in [0.29, 0.717) is 16.5 Å². The van der Waals surface area contributed by atoms with E-state index in [2.05, 4.69) is 10.5 Å². The molecule has 1 aromatic rings. The van der Waals surface area contributed by atoms with E-state index in [1.807, 2.05) is 0 Å². The molecule has 17 heavy (non-hydrogen) atoms. The van der Waals surface area contributed by atoms with Crippen molar-refractivity contribution in [1.82, 2.24) is 10.5 Å². The van der Waals surface area contributed by atoms with Crippen LogP contribution in [0.15, 0.2) is 23.3 Å². The minimum Gasteiger partial charge on any atom is -0.397 e. The molecule has 9 heteroatoms. The lowest BCUT2D eigenvalue weighted by Crippen LogP contribution is -2.48. The first kappa shape index (κ1) is 12.5. The second kappa shape index (κ2) is 5.01. The Bertz CT molecular complexity index is 455. The fourth-order valence-corrected chi connectivity index (χ4v) is 0.946. The third-order valence-corrected chi connectivity index (χ3v) is 1.89. The van der Waals surface area contributed by atoms with Gasteiger partial charge >= 0.3 is 0 Å². The predicted octanol–water partition coefficient (Wildman–Crippen LogP) is -2.14. The van der Waals surface area contributed by atoms with E-state index in [4.69, 9.17) is 28.9 Å². The lowest BCUT2D eigenvalue weighted by Gasteiger charge is -2.09. The standard InChI is InChI=1S/C8H14N8O/c9-5-2-1-4(3-6(5)10)7(17)14-15-8(11)16(12)13/h1-3H,9-10,12-13H2,(H2,11,15)(H,14,17). The maximum Gasteiger partial charge on any atom is 0.271 e. The molecular weight excluding hydrogens is 224 g/mol. The number of nitrogens with zero attached hydrogens (tertiary/aromatic N) is 2. The number of carbonyl (C=O) groups excluding carboxylic acids is 1. The van der Waals surface area contributed by atoms with Crippen LogP contribution in [0.3, 0.4) is 0 Å². The van der Waals surface area contributed by atoms with Gasteiger partial charge in [-0.3, -0.25) is 4.79 Å². The van der Waals surface area contributed by atoms with E-state index < -0.39 is 5.91 Å². The highest BCUT2D eigenvalue weighted by Gasteiger charge is 2.06. The van der Waals surface area contributed by atoms with E-state index in [1.165, 1.54) is 18.2 Å². The summed E-state index contributed by atoms with van der Waals surface area (Å²) in [4.78, 5) is 11.6. The van der Waals surface area contributed by atoms with Gasteiger partial charge < -0.3 is 17.2 Å². The van der Waals surface area contributed by atoms with E-state index >= 15 is 0 Å². The molecule has 1 rings (SSSR count). The van der Waals surface area contributed by atoms with Crippen molar-refractivity contribution >= 4 is 23.2 Å². The second-order valence-electron chi connectivity index (χ2n) is 3.16. The second-order valence-corrected chi connectivity index (χ2v) is 3.16. The maximum absolute atomic E-state index is 11.6. The van der Waals surface area contributed by atoms with E-state index in [0.717, 1.165) is 0 Å². The van der Waals surface area contributed by atoms with Crippen LogP contribution >= 0.6 is 0 Å². The Hall–Kier alpha value is -2.52. The van der Waals surface area contributed by atoms with Gasteiger partial charge in [-0.2, -0.15) is 0 Å². The molecule has 92 valence electrons. The smallest absolute Gasteiger partial charge is 0.271 e. The minimum atomic E-state index is -0.512. The number of nitrogens with two attached hydrogens (primary N) is 5. The summed E-state index contributed by atoms with van der Waals surface area (Å²) in [6.45, 7) is 0. The Morgan fingerprint density at radius 1 is 1.24 bits per heavy atom. The number of nitrogen functional groups attached to an aromatic ring is 2. The van der Waals surface area contributed by atoms with Crippen molar-refractivity contribution in [3.05, 3.63) is 23.8 Å². The molecule has 0 saturated heterocycles. The van der Waals surface area contributed by atoms with Crippen molar-refractivity contribution in [3.63, 3.8) is 0 Å². The number of hydrogen-bond acceptors (Lipinski definition) is 6. The van der Waals surface area contributed by atoms with Crippen molar-refractivity contribution in [2.24, 2.45) is 22.5 Å². The van der Waals surface area contributed by atoms with Gasteiger partial charge in [0.2, 0.25) is 5.96 Å². The van der Waals surface area contributed by atoms with E-state index in [1.54, 1.807) is 0 Å². The Labute approximate surface area is 97.1 Å². The molecule has 0 aliphatic rings. The summed E-state index contributed by atoms with van der Waals surface area (Å²) in [5.41, 5.74) is 19.4. The zero-order chi connectivity index (χ0) is 13.0. The molecule has 0 aromatic heterocycles. The third-order valence-electron chi connectivity index (χ3n) is 1.89. The number of benzene rings is 1. The van der Waals surface area contributed by atoms with Crippen molar-refractivity contribution < 1.29 is 4.79 Å². The van der Waals surface area contributed by atoms with Gasteiger partial charge in [0, 0.05) is 5.56 Å². The number of guanidine groups is 1. The average Bonchev–Trinajstić information content (AvgIpc) is 2.28. The number of hydrazine groups is 2. The molecule has 0 atom stereocenters. The van der Waals surface area contributed by atoms with Crippen LogP contribution in [0.4, 0.5) is 11.4 Å². The SMILES string of the molecule is NC(=NNC(=O)c1ccc(N)c(N)c1)N(N)N. The van der Waals surface area contributed by atoms with Gasteiger partial charge in [-0.25, -0.2) is 22.2 Å². The lowest BCUT2D eigenvalue weighted by molar-refractivity contribution is 0.0954. The molecule has 0 radical (unpaired) electrons. The van der Waals surface area contributed by atoms with Crippen LogP contribution in [0.5, 0.6) is 0 Å². The first-order chi connectivity index (χ1) is 7.91. The largest absolute Gasteiger partial charge is 0.397 e. The topological polar surface area (TPSA) is 175 Å². The van der Waals surface area contributed by atoms with Crippen LogP contribution in [0.1, 0.15) is 10.4 Å². The van der Waals surface area contributed by atoms with E-state index in [9.17, 15) is 4.79 Å². The number of anilines is 2. The maximum atomic E-state index is 11.6. The number of hydrogen-bond donors (Lipinski definition) is 6. The van der Waals surface area contributed by atoms with Gasteiger partial charge in [0.15, 0.2) is 0 Å². The number of carbonyl (C=O) groups is 1. The Balaban J connectivity index is 2.77. The van der Waals surface area contributed by atoms with Gasteiger partial charge in [-0.1, -0.05) is 0 Å². The molecule has 9 nitrogen and oxygen atoms in total. The number of amides is 1. The monoisotopic (exact) mass is 238 g/mol.